The maximum atomic E-state index is 13.6. The van der Waals surface area contributed by atoms with Gasteiger partial charge in [0.15, 0.2) is 0 Å². The van der Waals surface area contributed by atoms with E-state index in [0.29, 0.717) is 27.5 Å². The van der Waals surface area contributed by atoms with Crippen molar-refractivity contribution in [3.05, 3.63) is 166 Å². The van der Waals surface area contributed by atoms with Gasteiger partial charge in [-0.15, -0.1) is 11.8 Å². The molecular formula is C38H30ClN3O5S. The van der Waals surface area contributed by atoms with Crippen LogP contribution >= 0.6 is 23.4 Å². The lowest BCUT2D eigenvalue weighted by molar-refractivity contribution is -0.116. The molecular weight excluding hydrogens is 646 g/mol. The molecule has 3 amide bonds. The summed E-state index contributed by atoms with van der Waals surface area (Å²) < 4.78 is 4.87. The van der Waals surface area contributed by atoms with Crippen LogP contribution in [0.25, 0.3) is 6.08 Å². The number of para-hydroxylation sites is 1. The quantitative estimate of drug-likeness (QED) is 0.0743. The molecule has 1 atom stereocenters. The lowest BCUT2D eigenvalue weighted by Gasteiger charge is -2.18. The van der Waals surface area contributed by atoms with Crippen molar-refractivity contribution in [3.8, 4) is 0 Å². The number of carbonyl (C=O) groups excluding carboxylic acids is 4. The molecule has 10 heteroatoms. The highest BCUT2D eigenvalue weighted by Crippen LogP contribution is 2.37. The maximum absolute atomic E-state index is 13.6. The Morgan fingerprint density at radius 1 is 0.729 bits per heavy atom. The molecule has 1 unspecified atom stereocenters. The maximum Gasteiger partial charge on any atom is 0.339 e. The van der Waals surface area contributed by atoms with Gasteiger partial charge in [-0.05, 0) is 77.9 Å². The van der Waals surface area contributed by atoms with Gasteiger partial charge in [0.2, 0.25) is 5.91 Å². The number of benzene rings is 5. The van der Waals surface area contributed by atoms with E-state index in [4.69, 9.17) is 16.3 Å². The van der Waals surface area contributed by atoms with E-state index in [9.17, 15) is 19.2 Å². The van der Waals surface area contributed by atoms with Crippen molar-refractivity contribution >= 4 is 64.5 Å². The number of rotatable bonds is 11. The first kappa shape index (κ1) is 33.7. The minimum Gasteiger partial charge on any atom is -0.465 e. The summed E-state index contributed by atoms with van der Waals surface area (Å²) in [6.45, 7) is 0. The zero-order valence-electron chi connectivity index (χ0n) is 25.7. The molecule has 5 aromatic rings. The summed E-state index contributed by atoms with van der Waals surface area (Å²) in [7, 11) is 1.28. The van der Waals surface area contributed by atoms with Gasteiger partial charge in [0, 0.05) is 21.2 Å². The fraction of sp³-hybridized carbons (Fsp3) is 0.0526. The fourth-order valence-corrected chi connectivity index (χ4v) is 5.75. The van der Waals surface area contributed by atoms with Crippen LogP contribution in [0.3, 0.4) is 0 Å². The summed E-state index contributed by atoms with van der Waals surface area (Å²) >= 11 is 7.34. The number of thioether (sulfide) groups is 1. The summed E-state index contributed by atoms with van der Waals surface area (Å²) in [6.07, 6.45) is 1.57. The first-order valence-corrected chi connectivity index (χ1v) is 16.0. The average molecular weight is 676 g/mol. The van der Waals surface area contributed by atoms with E-state index in [0.717, 1.165) is 10.5 Å². The van der Waals surface area contributed by atoms with E-state index in [-0.39, 0.29) is 17.2 Å². The smallest absolute Gasteiger partial charge is 0.339 e. The molecule has 48 heavy (non-hydrogen) atoms. The van der Waals surface area contributed by atoms with Crippen LogP contribution in [0.2, 0.25) is 5.02 Å². The van der Waals surface area contributed by atoms with E-state index in [1.807, 2.05) is 30.3 Å². The lowest BCUT2D eigenvalue weighted by atomic mass is 10.1. The molecule has 0 radical (unpaired) electrons. The molecule has 0 aliphatic heterocycles. The number of amides is 3. The highest BCUT2D eigenvalue weighted by atomic mass is 35.5. The molecule has 3 N–H and O–H groups in total. The zero-order chi connectivity index (χ0) is 33.9. The van der Waals surface area contributed by atoms with Crippen molar-refractivity contribution in [3.63, 3.8) is 0 Å². The summed E-state index contributed by atoms with van der Waals surface area (Å²) in [4.78, 5) is 53.1. The van der Waals surface area contributed by atoms with E-state index in [1.165, 1.54) is 18.9 Å². The van der Waals surface area contributed by atoms with Gasteiger partial charge < -0.3 is 20.7 Å². The zero-order valence-corrected chi connectivity index (χ0v) is 27.3. The predicted molar refractivity (Wildman–Crippen MR) is 190 cm³/mol. The Labute approximate surface area is 287 Å². The number of esters is 1. The standard InChI is InChI=1S/C38H30ClN3O5S/c1-47-38(46)31-14-8-9-15-32(31)41-37(45)34(26-10-4-2-5-11-26)48-30-22-20-29(21-23-30)40-36(44)33(24-25-16-18-28(39)19-17-25)42-35(43)27-12-6-3-7-13-27/h2-24,34H,1H3,(H,40,44)(H,41,45)(H,42,43)/b33-24-. The van der Waals surface area contributed by atoms with Crippen LogP contribution in [-0.4, -0.2) is 30.8 Å². The van der Waals surface area contributed by atoms with Gasteiger partial charge in [0.25, 0.3) is 11.8 Å². The molecule has 5 aromatic carbocycles. The van der Waals surface area contributed by atoms with Crippen LogP contribution < -0.4 is 16.0 Å². The lowest BCUT2D eigenvalue weighted by Crippen LogP contribution is -2.30. The first-order chi connectivity index (χ1) is 23.3. The van der Waals surface area contributed by atoms with Gasteiger partial charge in [0.05, 0.1) is 18.4 Å². The monoisotopic (exact) mass is 675 g/mol. The highest BCUT2D eigenvalue weighted by Gasteiger charge is 2.24. The molecule has 0 saturated carbocycles. The van der Waals surface area contributed by atoms with Crippen LogP contribution in [0.4, 0.5) is 11.4 Å². The summed E-state index contributed by atoms with van der Waals surface area (Å²) in [6, 6.07) is 38.4. The number of halogens is 1. The largest absolute Gasteiger partial charge is 0.465 e. The van der Waals surface area contributed by atoms with Gasteiger partial charge in [-0.25, -0.2) is 4.79 Å². The third-order valence-electron chi connectivity index (χ3n) is 7.01. The van der Waals surface area contributed by atoms with Gasteiger partial charge >= 0.3 is 5.97 Å². The number of ether oxygens (including phenoxy) is 1. The first-order valence-electron chi connectivity index (χ1n) is 14.8. The summed E-state index contributed by atoms with van der Waals surface area (Å²) in [5, 5.41) is 8.31. The normalized spacial score (nSPS) is 11.6. The number of hydrogen-bond acceptors (Lipinski definition) is 6. The van der Waals surface area contributed by atoms with Crippen LogP contribution in [0.1, 0.15) is 37.1 Å². The van der Waals surface area contributed by atoms with Crippen LogP contribution in [0, 0.1) is 0 Å². The topological polar surface area (TPSA) is 114 Å². The van der Waals surface area contributed by atoms with Gasteiger partial charge in [-0.1, -0.05) is 84.4 Å². The second kappa shape index (κ2) is 16.3. The van der Waals surface area contributed by atoms with Crippen LogP contribution in [0.15, 0.2) is 144 Å². The van der Waals surface area contributed by atoms with Crippen molar-refractivity contribution in [1.29, 1.82) is 0 Å². The molecule has 0 saturated heterocycles. The molecule has 5 rings (SSSR count). The van der Waals surface area contributed by atoms with Gasteiger partial charge in [-0.3, -0.25) is 14.4 Å². The minimum absolute atomic E-state index is 0.0395. The predicted octanol–water partition coefficient (Wildman–Crippen LogP) is 8.01. The summed E-state index contributed by atoms with van der Waals surface area (Å²) in [5.41, 5.74) is 2.94. The van der Waals surface area contributed by atoms with E-state index < -0.39 is 23.0 Å². The van der Waals surface area contributed by atoms with Crippen molar-refractivity contribution in [2.45, 2.75) is 10.1 Å². The Morgan fingerprint density at radius 3 is 2.02 bits per heavy atom. The molecule has 0 heterocycles. The second-order valence-corrected chi connectivity index (χ2v) is 12.0. The number of nitrogens with one attached hydrogen (secondary N) is 3. The van der Waals surface area contributed by atoms with Crippen LogP contribution in [0.5, 0.6) is 0 Å². The van der Waals surface area contributed by atoms with Gasteiger partial charge in [-0.2, -0.15) is 0 Å². The Balaban J connectivity index is 1.33. The number of anilines is 2. The van der Waals surface area contributed by atoms with Crippen molar-refractivity contribution in [1.82, 2.24) is 5.32 Å². The minimum atomic E-state index is -0.667. The van der Waals surface area contributed by atoms with E-state index >= 15 is 0 Å². The molecule has 0 fully saturated rings. The van der Waals surface area contributed by atoms with E-state index in [1.54, 1.807) is 109 Å². The SMILES string of the molecule is COC(=O)c1ccccc1NC(=O)C(Sc1ccc(NC(=O)/C(=C/c2ccc(Cl)cc2)NC(=O)c2ccccc2)cc1)c1ccccc1. The third kappa shape index (κ3) is 9.00. The Bertz CT molecular complexity index is 1930. The summed E-state index contributed by atoms with van der Waals surface area (Å²) in [5.74, 6) is -1.85. The van der Waals surface area contributed by atoms with Crippen molar-refractivity contribution in [2.24, 2.45) is 0 Å². The molecule has 0 spiro atoms. The molecule has 0 aliphatic carbocycles. The third-order valence-corrected chi connectivity index (χ3v) is 8.52. The Hall–Kier alpha value is -5.64. The molecule has 240 valence electrons. The molecule has 0 aromatic heterocycles. The number of carbonyl (C=O) groups is 4. The number of methoxy groups -OCH3 is 1. The Kier molecular flexibility index (Phi) is 11.4. The van der Waals surface area contributed by atoms with E-state index in [2.05, 4.69) is 16.0 Å². The molecule has 0 bridgehead atoms. The Morgan fingerprint density at radius 2 is 1.35 bits per heavy atom. The fourth-order valence-electron chi connectivity index (χ4n) is 4.60. The highest BCUT2D eigenvalue weighted by molar-refractivity contribution is 8.00. The number of hydrogen-bond donors (Lipinski definition) is 3. The molecule has 0 aliphatic rings. The van der Waals surface area contributed by atoms with Crippen molar-refractivity contribution in [2.75, 3.05) is 17.7 Å². The average Bonchev–Trinajstić information content (AvgIpc) is 3.12. The second-order valence-electron chi connectivity index (χ2n) is 10.3. The van der Waals surface area contributed by atoms with Crippen molar-refractivity contribution < 1.29 is 23.9 Å². The van der Waals surface area contributed by atoms with Gasteiger partial charge in [0.1, 0.15) is 10.9 Å². The molecule has 8 nitrogen and oxygen atoms in total. The van der Waals surface area contributed by atoms with Crippen LogP contribution in [-0.2, 0) is 14.3 Å².